The fourth-order valence-corrected chi connectivity index (χ4v) is 2.44. The molecule has 3 rings (SSSR count). The molecule has 0 fully saturated rings. The van der Waals surface area contributed by atoms with E-state index in [1.165, 1.54) is 0 Å². The Morgan fingerprint density at radius 2 is 1.75 bits per heavy atom. The Kier molecular flexibility index (Phi) is 3.45. The van der Waals surface area contributed by atoms with Gasteiger partial charge in [-0.3, -0.25) is 0 Å². The Morgan fingerprint density at radius 1 is 0.950 bits per heavy atom. The van der Waals surface area contributed by atoms with Gasteiger partial charge in [0.1, 0.15) is 5.75 Å². The highest BCUT2D eigenvalue weighted by Crippen LogP contribution is 2.30. The highest BCUT2D eigenvalue weighted by molar-refractivity contribution is 9.10. The summed E-state index contributed by atoms with van der Waals surface area (Å²) in [5.41, 5.74) is 3.06. The van der Waals surface area contributed by atoms with Crippen molar-refractivity contribution < 1.29 is 4.74 Å². The zero-order chi connectivity index (χ0) is 14.1. The maximum absolute atomic E-state index is 5.99. The smallest absolute Gasteiger partial charge is 0.222 e. The molecule has 3 heteroatoms. The van der Waals surface area contributed by atoms with E-state index < -0.39 is 0 Å². The fraction of sp³-hybridized carbons (Fsp3) is 0.118. The Balaban J connectivity index is 2.06. The van der Waals surface area contributed by atoms with Crippen molar-refractivity contribution in [3.63, 3.8) is 0 Å². The molecule has 1 heterocycles. The number of hydrogen-bond acceptors (Lipinski definition) is 2. The molecule has 2 nitrogen and oxygen atoms in total. The molecule has 0 saturated heterocycles. The van der Waals surface area contributed by atoms with Crippen molar-refractivity contribution in [2.75, 3.05) is 0 Å². The molecule has 2 aromatic carbocycles. The number of aromatic nitrogens is 1. The highest BCUT2D eigenvalue weighted by Gasteiger charge is 2.08. The molecule has 3 aromatic rings. The number of para-hydroxylation sites is 1. The number of pyridine rings is 1. The number of hydrogen-bond donors (Lipinski definition) is 0. The van der Waals surface area contributed by atoms with Crippen molar-refractivity contribution in [1.82, 2.24) is 4.98 Å². The molecular formula is C17H14BrNO. The van der Waals surface area contributed by atoms with Crippen molar-refractivity contribution in [2.24, 2.45) is 0 Å². The minimum Gasteiger partial charge on any atom is -0.438 e. The van der Waals surface area contributed by atoms with Gasteiger partial charge in [-0.1, -0.05) is 40.2 Å². The molecular weight excluding hydrogens is 314 g/mol. The zero-order valence-corrected chi connectivity index (χ0v) is 12.9. The van der Waals surface area contributed by atoms with Gasteiger partial charge in [0.15, 0.2) is 0 Å². The van der Waals surface area contributed by atoms with Crippen LogP contribution in [0.4, 0.5) is 0 Å². The number of rotatable bonds is 2. The van der Waals surface area contributed by atoms with Crippen molar-refractivity contribution in [2.45, 2.75) is 13.8 Å². The third-order valence-corrected chi connectivity index (χ3v) is 3.72. The number of aryl methyl sites for hydroxylation is 2. The molecule has 1 aromatic heterocycles. The molecule has 0 amide bonds. The lowest BCUT2D eigenvalue weighted by Gasteiger charge is -2.11. The van der Waals surface area contributed by atoms with E-state index in [0.717, 1.165) is 32.3 Å². The summed E-state index contributed by atoms with van der Waals surface area (Å²) >= 11 is 3.47. The Labute approximate surface area is 126 Å². The van der Waals surface area contributed by atoms with E-state index in [9.17, 15) is 0 Å². The van der Waals surface area contributed by atoms with Crippen LogP contribution in [-0.2, 0) is 0 Å². The van der Waals surface area contributed by atoms with E-state index in [0.29, 0.717) is 5.88 Å². The molecule has 0 aliphatic heterocycles. The number of fused-ring (bicyclic) bond motifs is 1. The average Bonchev–Trinajstić information content (AvgIpc) is 2.43. The van der Waals surface area contributed by atoms with Crippen LogP contribution in [0.1, 0.15) is 11.1 Å². The average molecular weight is 328 g/mol. The first-order valence-electron chi connectivity index (χ1n) is 6.44. The quantitative estimate of drug-likeness (QED) is 0.628. The van der Waals surface area contributed by atoms with Crippen LogP contribution in [-0.4, -0.2) is 4.98 Å². The van der Waals surface area contributed by atoms with Gasteiger partial charge in [-0.15, -0.1) is 0 Å². The largest absolute Gasteiger partial charge is 0.438 e. The molecule has 0 aliphatic rings. The van der Waals surface area contributed by atoms with Crippen LogP contribution in [0.3, 0.4) is 0 Å². The van der Waals surface area contributed by atoms with Crippen molar-refractivity contribution in [1.29, 1.82) is 0 Å². The maximum Gasteiger partial charge on any atom is 0.222 e. The third kappa shape index (κ3) is 2.54. The van der Waals surface area contributed by atoms with Crippen LogP contribution >= 0.6 is 15.9 Å². The molecule has 0 radical (unpaired) electrons. The maximum atomic E-state index is 5.99. The first-order valence-corrected chi connectivity index (χ1v) is 7.23. The Bertz CT molecular complexity index is 783. The molecule has 0 bridgehead atoms. The molecule has 0 unspecified atom stereocenters. The topological polar surface area (TPSA) is 22.1 Å². The molecule has 20 heavy (non-hydrogen) atoms. The summed E-state index contributed by atoms with van der Waals surface area (Å²) in [4.78, 5) is 4.60. The normalized spacial score (nSPS) is 10.8. The number of halogens is 1. The Morgan fingerprint density at radius 3 is 2.60 bits per heavy atom. The summed E-state index contributed by atoms with van der Waals surface area (Å²) in [6.45, 7) is 4.04. The number of nitrogens with zero attached hydrogens (tertiary/aromatic N) is 1. The summed E-state index contributed by atoms with van der Waals surface area (Å²) in [5.74, 6) is 1.48. The van der Waals surface area contributed by atoms with Crippen LogP contribution in [0, 0.1) is 13.8 Å². The predicted octanol–water partition coefficient (Wildman–Crippen LogP) is 5.41. The summed E-state index contributed by atoms with van der Waals surface area (Å²) < 4.78 is 6.98. The van der Waals surface area contributed by atoms with Gasteiger partial charge in [-0.25, -0.2) is 4.98 Å². The van der Waals surface area contributed by atoms with Crippen LogP contribution < -0.4 is 4.74 Å². The first-order chi connectivity index (χ1) is 9.63. The van der Waals surface area contributed by atoms with Crippen LogP contribution in [0.5, 0.6) is 11.6 Å². The monoisotopic (exact) mass is 327 g/mol. The van der Waals surface area contributed by atoms with Gasteiger partial charge in [0.05, 0.1) is 5.52 Å². The lowest BCUT2D eigenvalue weighted by Crippen LogP contribution is -1.94. The van der Waals surface area contributed by atoms with Crippen LogP contribution in [0.25, 0.3) is 10.9 Å². The molecule has 0 spiro atoms. The summed E-state index contributed by atoms with van der Waals surface area (Å²) in [6, 6.07) is 16.1. The van der Waals surface area contributed by atoms with Gasteiger partial charge in [0, 0.05) is 15.4 Å². The SMILES string of the molecule is Cc1ccc(Br)cc1Oc1nc2ccccc2cc1C. The molecule has 100 valence electrons. The lowest BCUT2D eigenvalue weighted by molar-refractivity contribution is 0.457. The number of benzene rings is 2. The summed E-state index contributed by atoms with van der Waals surface area (Å²) in [7, 11) is 0. The minimum atomic E-state index is 0.657. The van der Waals surface area contributed by atoms with E-state index in [2.05, 4.69) is 33.0 Å². The van der Waals surface area contributed by atoms with E-state index in [-0.39, 0.29) is 0 Å². The van der Waals surface area contributed by atoms with Crippen molar-refractivity contribution in [3.8, 4) is 11.6 Å². The minimum absolute atomic E-state index is 0.657. The predicted molar refractivity (Wildman–Crippen MR) is 85.4 cm³/mol. The van der Waals surface area contributed by atoms with Crippen LogP contribution in [0.15, 0.2) is 53.0 Å². The van der Waals surface area contributed by atoms with Gasteiger partial charge >= 0.3 is 0 Å². The standard InChI is InChI=1S/C17H14BrNO/c1-11-7-8-14(18)10-16(11)20-17-12(2)9-13-5-3-4-6-15(13)19-17/h3-10H,1-2H3. The van der Waals surface area contributed by atoms with E-state index >= 15 is 0 Å². The van der Waals surface area contributed by atoms with Gasteiger partial charge < -0.3 is 4.74 Å². The van der Waals surface area contributed by atoms with Gasteiger partial charge in [-0.05, 0) is 43.7 Å². The molecule has 0 atom stereocenters. The van der Waals surface area contributed by atoms with E-state index in [4.69, 9.17) is 4.74 Å². The second kappa shape index (κ2) is 5.25. The lowest BCUT2D eigenvalue weighted by atomic mass is 10.1. The first kappa shape index (κ1) is 13.1. The van der Waals surface area contributed by atoms with Gasteiger partial charge in [0.25, 0.3) is 0 Å². The molecule has 0 N–H and O–H groups in total. The summed E-state index contributed by atoms with van der Waals surface area (Å²) in [5, 5.41) is 1.13. The number of ether oxygens (including phenoxy) is 1. The van der Waals surface area contributed by atoms with Crippen molar-refractivity contribution >= 4 is 26.8 Å². The third-order valence-electron chi connectivity index (χ3n) is 3.22. The Hall–Kier alpha value is -1.87. The molecule has 0 aliphatic carbocycles. The van der Waals surface area contributed by atoms with Crippen molar-refractivity contribution in [3.05, 3.63) is 64.1 Å². The highest BCUT2D eigenvalue weighted by atomic mass is 79.9. The second-order valence-electron chi connectivity index (χ2n) is 4.82. The summed E-state index contributed by atoms with van der Waals surface area (Å²) in [6.07, 6.45) is 0. The van der Waals surface area contributed by atoms with E-state index in [1.807, 2.05) is 50.2 Å². The van der Waals surface area contributed by atoms with Crippen LogP contribution in [0.2, 0.25) is 0 Å². The molecule has 0 saturated carbocycles. The fourth-order valence-electron chi connectivity index (χ4n) is 2.10. The van der Waals surface area contributed by atoms with Gasteiger partial charge in [0.2, 0.25) is 5.88 Å². The van der Waals surface area contributed by atoms with E-state index in [1.54, 1.807) is 0 Å². The zero-order valence-electron chi connectivity index (χ0n) is 11.4. The second-order valence-corrected chi connectivity index (χ2v) is 5.73. The van der Waals surface area contributed by atoms with Gasteiger partial charge in [-0.2, -0.15) is 0 Å².